The van der Waals surface area contributed by atoms with E-state index in [0.29, 0.717) is 24.2 Å². The molecule has 7 heteroatoms. The van der Waals surface area contributed by atoms with Crippen LogP contribution in [0.15, 0.2) is 10.6 Å². The van der Waals surface area contributed by atoms with Gasteiger partial charge in [0, 0.05) is 18.0 Å². The second-order valence-electron chi connectivity index (χ2n) is 6.91. The van der Waals surface area contributed by atoms with Crippen LogP contribution in [0.5, 0.6) is 0 Å². The van der Waals surface area contributed by atoms with Crippen LogP contribution < -0.4 is 10.6 Å². The molecule has 1 saturated heterocycles. The molecule has 0 bridgehead atoms. The van der Waals surface area contributed by atoms with Crippen LogP contribution in [0.25, 0.3) is 0 Å². The van der Waals surface area contributed by atoms with E-state index < -0.39 is 0 Å². The number of aromatic nitrogens is 1. The highest BCUT2D eigenvalue weighted by molar-refractivity contribution is 5.91. The summed E-state index contributed by atoms with van der Waals surface area (Å²) in [5.74, 6) is 1.21. The second kappa shape index (κ2) is 7.79. The molecule has 3 rings (SSSR count). The summed E-state index contributed by atoms with van der Waals surface area (Å²) in [6, 6.07) is 2.08. The molecule has 132 valence electrons. The van der Waals surface area contributed by atoms with Crippen LogP contribution in [0.3, 0.4) is 0 Å². The fourth-order valence-electron chi connectivity index (χ4n) is 3.55. The number of carbonyl (C=O) groups is 2. The number of nitrogens with zero attached hydrogens (tertiary/aromatic N) is 2. The van der Waals surface area contributed by atoms with Crippen molar-refractivity contribution in [3.05, 3.63) is 11.8 Å². The molecule has 1 aromatic heterocycles. The van der Waals surface area contributed by atoms with Gasteiger partial charge in [-0.3, -0.25) is 14.5 Å². The largest absolute Gasteiger partial charge is 0.360 e. The van der Waals surface area contributed by atoms with Crippen LogP contribution in [0.2, 0.25) is 0 Å². The molecule has 0 aromatic carbocycles. The van der Waals surface area contributed by atoms with Gasteiger partial charge in [0.1, 0.15) is 5.76 Å². The van der Waals surface area contributed by atoms with Gasteiger partial charge in [-0.15, -0.1) is 0 Å². The zero-order valence-electron chi connectivity index (χ0n) is 14.2. The van der Waals surface area contributed by atoms with E-state index in [-0.39, 0.29) is 17.7 Å². The fraction of sp³-hybridized carbons (Fsp3) is 0.706. The number of aryl methyl sites for hydroxylation is 1. The molecular formula is C17H26N4O3. The minimum atomic E-state index is -0.0313. The van der Waals surface area contributed by atoms with Crippen LogP contribution in [0.1, 0.15) is 44.3 Å². The average molecular weight is 334 g/mol. The van der Waals surface area contributed by atoms with E-state index in [4.69, 9.17) is 4.52 Å². The van der Waals surface area contributed by atoms with E-state index in [1.807, 2.05) is 0 Å². The van der Waals surface area contributed by atoms with E-state index in [2.05, 4.69) is 20.7 Å². The first kappa shape index (κ1) is 17.0. The molecule has 0 radical (unpaired) electrons. The highest BCUT2D eigenvalue weighted by Gasteiger charge is 2.27. The molecule has 1 saturated carbocycles. The molecule has 2 aliphatic rings. The third-order valence-corrected chi connectivity index (χ3v) is 4.93. The molecule has 2 N–H and O–H groups in total. The second-order valence-corrected chi connectivity index (χ2v) is 6.91. The quantitative estimate of drug-likeness (QED) is 0.856. The Morgan fingerprint density at radius 1 is 1.25 bits per heavy atom. The van der Waals surface area contributed by atoms with Crippen molar-refractivity contribution in [1.82, 2.24) is 15.4 Å². The first-order valence-electron chi connectivity index (χ1n) is 8.86. The van der Waals surface area contributed by atoms with Crippen molar-refractivity contribution in [2.75, 3.05) is 25.0 Å². The SMILES string of the molecule is Cc1cc(NC(=O)C2CCN(CC(=O)NC3CCCC3)CC2)no1. The molecule has 0 spiro atoms. The molecule has 2 heterocycles. The Bertz CT molecular complexity index is 572. The van der Waals surface area contributed by atoms with Crippen molar-refractivity contribution in [3.8, 4) is 0 Å². The molecule has 24 heavy (non-hydrogen) atoms. The number of hydrogen-bond donors (Lipinski definition) is 2. The van der Waals surface area contributed by atoms with Crippen molar-refractivity contribution in [1.29, 1.82) is 0 Å². The van der Waals surface area contributed by atoms with Gasteiger partial charge in [-0.2, -0.15) is 0 Å². The van der Waals surface area contributed by atoms with Gasteiger partial charge in [0.15, 0.2) is 5.82 Å². The molecule has 0 unspecified atom stereocenters. The molecule has 1 aromatic rings. The number of hydrogen-bond acceptors (Lipinski definition) is 5. The summed E-state index contributed by atoms with van der Waals surface area (Å²) in [7, 11) is 0. The third-order valence-electron chi connectivity index (χ3n) is 4.93. The van der Waals surface area contributed by atoms with E-state index >= 15 is 0 Å². The highest BCUT2D eigenvalue weighted by atomic mass is 16.5. The van der Waals surface area contributed by atoms with E-state index in [1.165, 1.54) is 12.8 Å². The number of nitrogens with one attached hydrogen (secondary N) is 2. The molecule has 0 atom stereocenters. The lowest BCUT2D eigenvalue weighted by atomic mass is 9.96. The lowest BCUT2D eigenvalue weighted by Gasteiger charge is -2.30. The van der Waals surface area contributed by atoms with Gasteiger partial charge in [-0.25, -0.2) is 0 Å². The Hall–Kier alpha value is -1.89. The molecule has 1 aliphatic heterocycles. The Balaban J connectivity index is 1.38. The number of rotatable bonds is 5. The van der Waals surface area contributed by atoms with Crippen molar-refractivity contribution < 1.29 is 14.1 Å². The van der Waals surface area contributed by atoms with Crippen LogP contribution in [-0.4, -0.2) is 47.5 Å². The van der Waals surface area contributed by atoms with Gasteiger partial charge in [0.2, 0.25) is 11.8 Å². The summed E-state index contributed by atoms with van der Waals surface area (Å²) in [5.41, 5.74) is 0. The Morgan fingerprint density at radius 2 is 1.96 bits per heavy atom. The summed E-state index contributed by atoms with van der Waals surface area (Å²) >= 11 is 0. The number of piperidine rings is 1. The maximum absolute atomic E-state index is 12.2. The number of likely N-dealkylation sites (tertiary alicyclic amines) is 1. The smallest absolute Gasteiger partial charge is 0.234 e. The Labute approximate surface area is 142 Å². The maximum Gasteiger partial charge on any atom is 0.234 e. The van der Waals surface area contributed by atoms with Gasteiger partial charge in [0.25, 0.3) is 0 Å². The molecule has 1 aliphatic carbocycles. The van der Waals surface area contributed by atoms with E-state index in [0.717, 1.165) is 38.8 Å². The summed E-state index contributed by atoms with van der Waals surface area (Å²) in [4.78, 5) is 26.5. The molecular weight excluding hydrogens is 308 g/mol. The van der Waals surface area contributed by atoms with Crippen LogP contribution >= 0.6 is 0 Å². The summed E-state index contributed by atoms with van der Waals surface area (Å²) in [6.45, 7) is 3.77. The van der Waals surface area contributed by atoms with Crippen molar-refractivity contribution in [2.24, 2.45) is 5.92 Å². The average Bonchev–Trinajstić information content (AvgIpc) is 3.20. The predicted octanol–water partition coefficient (Wildman–Crippen LogP) is 1.69. The van der Waals surface area contributed by atoms with Gasteiger partial charge in [-0.05, 0) is 45.7 Å². The zero-order chi connectivity index (χ0) is 16.9. The predicted molar refractivity (Wildman–Crippen MR) is 89.4 cm³/mol. The molecule has 7 nitrogen and oxygen atoms in total. The van der Waals surface area contributed by atoms with E-state index in [9.17, 15) is 9.59 Å². The minimum Gasteiger partial charge on any atom is -0.360 e. The topological polar surface area (TPSA) is 87.5 Å². The standard InChI is InChI=1S/C17H26N4O3/c1-12-10-15(20-24-12)19-17(23)13-6-8-21(9-7-13)11-16(22)18-14-4-2-3-5-14/h10,13-14H,2-9,11H2,1H3,(H,18,22)(H,19,20,23). The molecule has 2 amide bonds. The van der Waals surface area contributed by atoms with Gasteiger partial charge in [-0.1, -0.05) is 18.0 Å². The summed E-state index contributed by atoms with van der Waals surface area (Å²) in [5, 5.41) is 9.69. The number of carbonyl (C=O) groups excluding carboxylic acids is 2. The Kier molecular flexibility index (Phi) is 5.50. The van der Waals surface area contributed by atoms with Crippen molar-refractivity contribution in [3.63, 3.8) is 0 Å². The van der Waals surface area contributed by atoms with Crippen molar-refractivity contribution in [2.45, 2.75) is 51.5 Å². The van der Waals surface area contributed by atoms with E-state index in [1.54, 1.807) is 13.0 Å². The minimum absolute atomic E-state index is 0.0154. The first-order valence-corrected chi connectivity index (χ1v) is 8.86. The van der Waals surface area contributed by atoms with Crippen LogP contribution in [0.4, 0.5) is 5.82 Å². The first-order chi connectivity index (χ1) is 11.6. The van der Waals surface area contributed by atoms with Crippen LogP contribution in [0, 0.1) is 12.8 Å². The van der Waals surface area contributed by atoms with Crippen molar-refractivity contribution >= 4 is 17.6 Å². The summed E-state index contributed by atoms with van der Waals surface area (Å²) < 4.78 is 4.95. The normalized spacial score (nSPS) is 20.2. The maximum atomic E-state index is 12.2. The lowest BCUT2D eigenvalue weighted by Crippen LogP contribution is -2.45. The zero-order valence-corrected chi connectivity index (χ0v) is 14.2. The fourth-order valence-corrected chi connectivity index (χ4v) is 3.55. The number of anilines is 1. The Morgan fingerprint density at radius 3 is 2.58 bits per heavy atom. The van der Waals surface area contributed by atoms with Gasteiger partial charge < -0.3 is 15.2 Å². The van der Waals surface area contributed by atoms with Gasteiger partial charge in [0.05, 0.1) is 6.54 Å². The number of amides is 2. The lowest BCUT2D eigenvalue weighted by molar-refractivity contribution is -0.124. The molecule has 2 fully saturated rings. The monoisotopic (exact) mass is 334 g/mol. The summed E-state index contributed by atoms with van der Waals surface area (Å²) in [6.07, 6.45) is 6.18. The van der Waals surface area contributed by atoms with Gasteiger partial charge >= 0.3 is 0 Å². The third kappa shape index (κ3) is 4.56. The van der Waals surface area contributed by atoms with Crippen LogP contribution in [-0.2, 0) is 9.59 Å². The highest BCUT2D eigenvalue weighted by Crippen LogP contribution is 2.20.